The fourth-order valence-electron chi connectivity index (χ4n) is 2.25. The second-order valence-electron chi connectivity index (χ2n) is 5.93. The van der Waals surface area contributed by atoms with Crippen molar-refractivity contribution in [2.45, 2.75) is 23.1 Å². The largest absolute Gasteiger partial charge is 0.481 e. The minimum Gasteiger partial charge on any atom is -0.481 e. The van der Waals surface area contributed by atoms with E-state index in [1.165, 1.54) is 55.5 Å². The highest BCUT2D eigenvalue weighted by Crippen LogP contribution is 2.24. The van der Waals surface area contributed by atoms with E-state index in [1.54, 1.807) is 0 Å². The zero-order valence-corrected chi connectivity index (χ0v) is 16.6. The Labute approximate surface area is 169 Å². The first-order valence-electron chi connectivity index (χ1n) is 8.27. The average molecular weight is 439 g/mol. The summed E-state index contributed by atoms with van der Waals surface area (Å²) in [5.41, 5.74) is 0.00889. The SMILES string of the molecule is CC(Oc1ccc(F)cc1)C(=O)Nc1nnc(S(=O)(=O)Cc2ccccc2F)s1. The molecule has 0 radical (unpaired) electrons. The molecular weight excluding hydrogens is 424 g/mol. The molecule has 29 heavy (non-hydrogen) atoms. The number of halogens is 2. The molecule has 3 rings (SSSR count). The van der Waals surface area contributed by atoms with Crippen molar-refractivity contribution in [1.82, 2.24) is 10.2 Å². The maximum absolute atomic E-state index is 13.7. The van der Waals surface area contributed by atoms with Gasteiger partial charge in [0.05, 0.1) is 5.75 Å². The number of hydrogen-bond donors (Lipinski definition) is 1. The van der Waals surface area contributed by atoms with Crippen molar-refractivity contribution in [3.8, 4) is 5.75 Å². The van der Waals surface area contributed by atoms with Gasteiger partial charge in [0.1, 0.15) is 17.4 Å². The summed E-state index contributed by atoms with van der Waals surface area (Å²) in [5.74, 6) is -1.96. The molecule has 11 heteroatoms. The molecule has 0 bridgehead atoms. The highest BCUT2D eigenvalue weighted by atomic mass is 32.2. The summed E-state index contributed by atoms with van der Waals surface area (Å²) in [6.45, 7) is 1.47. The summed E-state index contributed by atoms with van der Waals surface area (Å²) >= 11 is 0.649. The number of nitrogens with zero attached hydrogens (tertiary/aromatic N) is 2. The Morgan fingerprint density at radius 1 is 1.14 bits per heavy atom. The summed E-state index contributed by atoms with van der Waals surface area (Å²) in [4.78, 5) is 12.2. The Morgan fingerprint density at radius 2 is 1.83 bits per heavy atom. The molecular formula is C18H15F2N3O4S2. The Bertz CT molecular complexity index is 1120. The van der Waals surface area contributed by atoms with E-state index >= 15 is 0 Å². The number of aromatic nitrogens is 2. The number of hydrogen-bond acceptors (Lipinski definition) is 7. The third-order valence-corrected chi connectivity index (χ3v) is 6.65. The Morgan fingerprint density at radius 3 is 2.52 bits per heavy atom. The van der Waals surface area contributed by atoms with Crippen LogP contribution in [-0.4, -0.2) is 30.6 Å². The maximum Gasteiger partial charge on any atom is 0.266 e. The molecule has 0 aliphatic heterocycles. The minimum atomic E-state index is -3.94. The fourth-order valence-corrected chi connectivity index (χ4v) is 4.58. The Balaban J connectivity index is 1.65. The maximum atomic E-state index is 13.7. The smallest absolute Gasteiger partial charge is 0.266 e. The number of carbonyl (C=O) groups is 1. The van der Waals surface area contributed by atoms with Crippen molar-refractivity contribution in [3.63, 3.8) is 0 Å². The molecule has 1 N–H and O–H groups in total. The van der Waals surface area contributed by atoms with Gasteiger partial charge in [-0.15, -0.1) is 10.2 Å². The second-order valence-corrected chi connectivity index (χ2v) is 9.07. The van der Waals surface area contributed by atoms with Crippen LogP contribution in [0.1, 0.15) is 12.5 Å². The van der Waals surface area contributed by atoms with Gasteiger partial charge >= 0.3 is 0 Å². The van der Waals surface area contributed by atoms with Crippen LogP contribution >= 0.6 is 11.3 Å². The van der Waals surface area contributed by atoms with Gasteiger partial charge in [0.25, 0.3) is 5.91 Å². The third-order valence-electron chi connectivity index (χ3n) is 3.70. The van der Waals surface area contributed by atoms with E-state index < -0.39 is 39.2 Å². The highest BCUT2D eigenvalue weighted by Gasteiger charge is 2.24. The first-order chi connectivity index (χ1) is 13.7. The van der Waals surface area contributed by atoms with E-state index in [1.807, 2.05) is 0 Å². The number of benzene rings is 2. The number of carbonyl (C=O) groups excluding carboxylic acids is 1. The third kappa shape index (κ3) is 5.33. The number of anilines is 1. The lowest BCUT2D eigenvalue weighted by molar-refractivity contribution is -0.122. The van der Waals surface area contributed by atoms with Crippen molar-refractivity contribution in [2.24, 2.45) is 0 Å². The van der Waals surface area contributed by atoms with E-state index in [0.29, 0.717) is 17.1 Å². The molecule has 3 aromatic rings. The molecule has 0 saturated carbocycles. The number of sulfone groups is 1. The summed E-state index contributed by atoms with van der Waals surface area (Å²) in [7, 11) is -3.94. The molecule has 0 spiro atoms. The van der Waals surface area contributed by atoms with Crippen molar-refractivity contribution >= 4 is 32.2 Å². The molecule has 0 aliphatic rings. The first kappa shape index (κ1) is 20.8. The standard InChI is InChI=1S/C18H15F2N3O4S2/c1-11(27-14-8-6-13(19)7-9-14)16(24)21-17-22-23-18(28-17)29(25,26)10-12-4-2-3-5-15(12)20/h2-9,11H,10H2,1H3,(H,21,22,24). The van der Waals surface area contributed by atoms with E-state index in [-0.39, 0.29) is 15.0 Å². The lowest BCUT2D eigenvalue weighted by Gasteiger charge is -2.13. The van der Waals surface area contributed by atoms with Crippen molar-refractivity contribution in [2.75, 3.05) is 5.32 Å². The van der Waals surface area contributed by atoms with E-state index in [0.717, 1.165) is 0 Å². The molecule has 1 unspecified atom stereocenters. The molecule has 1 atom stereocenters. The lowest BCUT2D eigenvalue weighted by atomic mass is 10.2. The molecule has 1 aromatic heterocycles. The van der Waals surface area contributed by atoms with Crippen LogP contribution in [0.25, 0.3) is 0 Å². The average Bonchev–Trinajstić information content (AvgIpc) is 3.15. The van der Waals surface area contributed by atoms with Gasteiger partial charge in [0.15, 0.2) is 6.10 Å². The van der Waals surface area contributed by atoms with Gasteiger partial charge in [-0.3, -0.25) is 10.1 Å². The predicted molar refractivity (Wildman–Crippen MR) is 102 cm³/mol. The van der Waals surface area contributed by atoms with E-state index in [4.69, 9.17) is 4.74 Å². The molecule has 0 aliphatic carbocycles. The van der Waals surface area contributed by atoms with Crippen molar-refractivity contribution in [3.05, 3.63) is 65.7 Å². The molecule has 0 fully saturated rings. The minimum absolute atomic E-state index is 0.00889. The van der Waals surface area contributed by atoms with Crippen LogP contribution in [0.5, 0.6) is 5.75 Å². The van der Waals surface area contributed by atoms with Gasteiger partial charge in [0.2, 0.25) is 19.3 Å². The normalized spacial score (nSPS) is 12.4. The van der Waals surface area contributed by atoms with Gasteiger partial charge < -0.3 is 4.74 Å². The summed E-state index contributed by atoms with van der Waals surface area (Å²) < 4.78 is 56.5. The van der Waals surface area contributed by atoms with Crippen LogP contribution in [0, 0.1) is 11.6 Å². The van der Waals surface area contributed by atoms with Gasteiger partial charge in [-0.05, 0) is 37.3 Å². The Kier molecular flexibility index (Phi) is 6.18. The van der Waals surface area contributed by atoms with Gasteiger partial charge in [-0.25, -0.2) is 17.2 Å². The quantitative estimate of drug-likeness (QED) is 0.568. The van der Waals surface area contributed by atoms with E-state index in [2.05, 4.69) is 15.5 Å². The lowest BCUT2D eigenvalue weighted by Crippen LogP contribution is -2.30. The molecule has 1 amide bonds. The van der Waals surface area contributed by atoms with Crippen LogP contribution in [0.4, 0.5) is 13.9 Å². The molecule has 7 nitrogen and oxygen atoms in total. The molecule has 1 heterocycles. The van der Waals surface area contributed by atoms with E-state index in [9.17, 15) is 22.0 Å². The summed E-state index contributed by atoms with van der Waals surface area (Å²) in [6, 6.07) is 10.6. The second kappa shape index (κ2) is 8.62. The highest BCUT2D eigenvalue weighted by molar-refractivity contribution is 7.92. The van der Waals surface area contributed by atoms with Gasteiger partial charge in [0, 0.05) is 5.56 Å². The first-order valence-corrected chi connectivity index (χ1v) is 10.7. The summed E-state index contributed by atoms with van der Waals surface area (Å²) in [6.07, 6.45) is -0.956. The number of amides is 1. The van der Waals surface area contributed by atoms with Crippen LogP contribution in [0.2, 0.25) is 0 Å². The summed E-state index contributed by atoms with van der Waals surface area (Å²) in [5, 5.41) is 9.59. The molecule has 0 saturated heterocycles. The zero-order chi connectivity index (χ0) is 21.0. The molecule has 152 valence electrons. The molecule has 2 aromatic carbocycles. The van der Waals surface area contributed by atoms with Crippen LogP contribution < -0.4 is 10.1 Å². The topological polar surface area (TPSA) is 98.2 Å². The van der Waals surface area contributed by atoms with Crippen molar-refractivity contribution in [1.29, 1.82) is 0 Å². The number of rotatable bonds is 7. The zero-order valence-electron chi connectivity index (χ0n) is 15.0. The van der Waals surface area contributed by atoms with Gasteiger partial charge in [-0.2, -0.15) is 0 Å². The fraction of sp³-hybridized carbons (Fsp3) is 0.167. The Hall–Kier alpha value is -2.92. The number of ether oxygens (including phenoxy) is 1. The van der Waals surface area contributed by atoms with Crippen LogP contribution in [0.3, 0.4) is 0 Å². The predicted octanol–water partition coefficient (Wildman–Crippen LogP) is 3.20. The van der Waals surface area contributed by atoms with Gasteiger partial charge in [-0.1, -0.05) is 29.5 Å². The van der Waals surface area contributed by atoms with Crippen molar-refractivity contribution < 1.29 is 26.7 Å². The van der Waals surface area contributed by atoms with Crippen LogP contribution in [0.15, 0.2) is 52.9 Å². The van der Waals surface area contributed by atoms with Crippen LogP contribution in [-0.2, 0) is 20.4 Å². The number of nitrogens with one attached hydrogen (secondary N) is 1. The monoisotopic (exact) mass is 439 g/mol.